The van der Waals surface area contributed by atoms with Crippen molar-refractivity contribution in [3.8, 4) is 0 Å². The fourth-order valence-electron chi connectivity index (χ4n) is 2.44. The summed E-state index contributed by atoms with van der Waals surface area (Å²) in [4.78, 5) is 37.8. The minimum absolute atomic E-state index is 0.0383. The lowest BCUT2D eigenvalue weighted by Crippen LogP contribution is -2.50. The smallest absolute Gasteiger partial charge is 0.320 e. The Labute approximate surface area is 99.9 Å². The maximum Gasteiger partial charge on any atom is 0.320 e. The van der Waals surface area contributed by atoms with Gasteiger partial charge in [0.15, 0.2) is 0 Å². The minimum atomic E-state index is -0.414. The van der Waals surface area contributed by atoms with Crippen LogP contribution in [0.1, 0.15) is 19.8 Å². The summed E-state index contributed by atoms with van der Waals surface area (Å²) in [5.74, 6) is -0.306. The van der Waals surface area contributed by atoms with Gasteiger partial charge in [-0.3, -0.25) is 9.59 Å². The zero-order chi connectivity index (χ0) is 12.6. The maximum atomic E-state index is 11.9. The molecule has 1 N–H and O–H groups in total. The Hall–Kier alpha value is -1.59. The Morgan fingerprint density at radius 3 is 2.76 bits per heavy atom. The SMILES string of the molecule is CC(=O)CNC(=O)C1CC[C@@H]2CN1C(=O)N2C. The average Bonchev–Trinajstić information content (AvgIpc) is 2.52. The van der Waals surface area contributed by atoms with Gasteiger partial charge < -0.3 is 15.1 Å². The summed E-state index contributed by atoms with van der Waals surface area (Å²) >= 11 is 0. The molecule has 2 aliphatic heterocycles. The van der Waals surface area contributed by atoms with Crippen LogP contribution < -0.4 is 5.32 Å². The lowest BCUT2D eigenvalue weighted by molar-refractivity contribution is -0.128. The number of carbonyl (C=O) groups is 3. The van der Waals surface area contributed by atoms with Gasteiger partial charge in [0.25, 0.3) is 0 Å². The molecule has 1 unspecified atom stereocenters. The quantitative estimate of drug-likeness (QED) is 0.728. The first-order valence-electron chi connectivity index (χ1n) is 5.81. The number of ketones is 1. The summed E-state index contributed by atoms with van der Waals surface area (Å²) in [5, 5.41) is 2.57. The number of hydrogen-bond acceptors (Lipinski definition) is 3. The van der Waals surface area contributed by atoms with Gasteiger partial charge in [-0.1, -0.05) is 0 Å². The fraction of sp³-hybridized carbons (Fsp3) is 0.727. The molecule has 0 radical (unpaired) electrons. The van der Waals surface area contributed by atoms with E-state index in [1.807, 2.05) is 0 Å². The van der Waals surface area contributed by atoms with E-state index in [0.717, 1.165) is 6.42 Å². The van der Waals surface area contributed by atoms with E-state index in [1.165, 1.54) is 6.92 Å². The number of Topliss-reactive ketones (excluding diaryl/α,β-unsaturated/α-hetero) is 1. The number of likely N-dealkylation sites (N-methyl/N-ethyl adjacent to an activating group) is 1. The summed E-state index contributed by atoms with van der Waals surface area (Å²) in [6.45, 7) is 2.08. The molecule has 2 atom stereocenters. The topological polar surface area (TPSA) is 69.7 Å². The van der Waals surface area contributed by atoms with E-state index in [9.17, 15) is 14.4 Å². The molecule has 6 heteroatoms. The van der Waals surface area contributed by atoms with E-state index in [-0.39, 0.29) is 30.3 Å². The van der Waals surface area contributed by atoms with Gasteiger partial charge >= 0.3 is 6.03 Å². The number of nitrogens with one attached hydrogen (secondary N) is 1. The number of rotatable bonds is 3. The third kappa shape index (κ3) is 2.11. The van der Waals surface area contributed by atoms with Crippen molar-refractivity contribution in [1.29, 1.82) is 0 Å². The van der Waals surface area contributed by atoms with Crippen LogP contribution in [0.15, 0.2) is 0 Å². The first-order chi connectivity index (χ1) is 8.00. The number of nitrogens with zero attached hydrogens (tertiary/aromatic N) is 2. The zero-order valence-electron chi connectivity index (χ0n) is 10.1. The number of urea groups is 1. The van der Waals surface area contributed by atoms with Gasteiger partial charge in [0.1, 0.15) is 11.8 Å². The van der Waals surface area contributed by atoms with Crippen LogP contribution in [0.25, 0.3) is 0 Å². The molecule has 0 aromatic carbocycles. The van der Waals surface area contributed by atoms with E-state index in [1.54, 1.807) is 16.8 Å². The first-order valence-corrected chi connectivity index (χ1v) is 5.81. The van der Waals surface area contributed by atoms with E-state index >= 15 is 0 Å². The molecule has 6 nitrogen and oxygen atoms in total. The molecule has 2 bridgehead atoms. The van der Waals surface area contributed by atoms with Crippen LogP contribution in [0, 0.1) is 0 Å². The second-order valence-corrected chi connectivity index (χ2v) is 4.71. The zero-order valence-corrected chi connectivity index (χ0v) is 10.1. The summed E-state index contributed by atoms with van der Waals surface area (Å²) in [6.07, 6.45) is 1.52. The normalized spacial score (nSPS) is 27.3. The summed E-state index contributed by atoms with van der Waals surface area (Å²) in [6, 6.07) is -0.266. The van der Waals surface area contributed by atoms with Crippen LogP contribution in [-0.4, -0.2) is 59.7 Å². The van der Waals surface area contributed by atoms with Gasteiger partial charge in [-0.25, -0.2) is 4.79 Å². The molecule has 0 aromatic heterocycles. The van der Waals surface area contributed by atoms with Gasteiger partial charge in [-0.15, -0.1) is 0 Å². The van der Waals surface area contributed by atoms with Crippen molar-refractivity contribution in [2.45, 2.75) is 31.8 Å². The molecule has 0 saturated carbocycles. The van der Waals surface area contributed by atoms with Gasteiger partial charge in [-0.2, -0.15) is 0 Å². The largest absolute Gasteiger partial charge is 0.347 e. The van der Waals surface area contributed by atoms with E-state index in [2.05, 4.69) is 5.32 Å². The van der Waals surface area contributed by atoms with E-state index < -0.39 is 6.04 Å². The number of fused-ring (bicyclic) bond motifs is 2. The van der Waals surface area contributed by atoms with Crippen molar-refractivity contribution < 1.29 is 14.4 Å². The van der Waals surface area contributed by atoms with Crippen LogP contribution in [0.5, 0.6) is 0 Å². The lowest BCUT2D eigenvalue weighted by atomic mass is 10.00. The molecule has 0 aliphatic carbocycles. The molecular formula is C11H17N3O3. The van der Waals surface area contributed by atoms with Gasteiger partial charge in [0, 0.05) is 13.6 Å². The minimum Gasteiger partial charge on any atom is -0.347 e. The predicted molar refractivity (Wildman–Crippen MR) is 60.4 cm³/mol. The molecule has 2 fully saturated rings. The van der Waals surface area contributed by atoms with Crippen molar-refractivity contribution in [2.24, 2.45) is 0 Å². The molecule has 2 saturated heterocycles. The number of carbonyl (C=O) groups excluding carboxylic acids is 3. The van der Waals surface area contributed by atoms with E-state index in [0.29, 0.717) is 13.0 Å². The Kier molecular flexibility index (Phi) is 3.04. The maximum absolute atomic E-state index is 11.9. The molecule has 0 spiro atoms. The number of hydrogen-bond donors (Lipinski definition) is 1. The number of amides is 3. The molecule has 2 heterocycles. The summed E-state index contributed by atoms with van der Waals surface area (Å²) < 4.78 is 0. The van der Waals surface area contributed by atoms with Crippen molar-refractivity contribution in [1.82, 2.24) is 15.1 Å². The Bertz CT molecular complexity index is 369. The second kappa shape index (κ2) is 4.35. The van der Waals surface area contributed by atoms with Gasteiger partial charge in [0.05, 0.1) is 12.6 Å². The van der Waals surface area contributed by atoms with Gasteiger partial charge in [0.2, 0.25) is 5.91 Å². The molecule has 0 aromatic rings. The van der Waals surface area contributed by atoms with Crippen molar-refractivity contribution in [3.05, 3.63) is 0 Å². The Morgan fingerprint density at radius 2 is 2.12 bits per heavy atom. The van der Waals surface area contributed by atoms with Gasteiger partial charge in [-0.05, 0) is 19.8 Å². The average molecular weight is 239 g/mol. The molecule has 94 valence electrons. The van der Waals surface area contributed by atoms with Crippen molar-refractivity contribution in [3.63, 3.8) is 0 Å². The second-order valence-electron chi connectivity index (χ2n) is 4.71. The highest BCUT2D eigenvalue weighted by Crippen LogP contribution is 2.28. The van der Waals surface area contributed by atoms with Crippen LogP contribution in [0.4, 0.5) is 4.79 Å². The highest BCUT2D eigenvalue weighted by Gasteiger charge is 2.45. The Morgan fingerprint density at radius 1 is 1.41 bits per heavy atom. The molecule has 2 aliphatic rings. The van der Waals surface area contributed by atoms with Crippen LogP contribution in [0.2, 0.25) is 0 Å². The predicted octanol–water partition coefficient (Wildman–Crippen LogP) is -0.410. The highest BCUT2D eigenvalue weighted by atomic mass is 16.2. The molecule has 3 amide bonds. The van der Waals surface area contributed by atoms with Crippen LogP contribution >= 0.6 is 0 Å². The van der Waals surface area contributed by atoms with Crippen LogP contribution in [0.3, 0.4) is 0 Å². The van der Waals surface area contributed by atoms with E-state index in [4.69, 9.17) is 0 Å². The number of piperidine rings is 1. The third-order valence-electron chi connectivity index (χ3n) is 3.47. The van der Waals surface area contributed by atoms with Crippen molar-refractivity contribution >= 4 is 17.7 Å². The van der Waals surface area contributed by atoms with Crippen LogP contribution in [-0.2, 0) is 9.59 Å². The standard InChI is InChI=1S/C11H17N3O3/c1-7(15)5-12-10(16)9-4-3-8-6-14(9)11(17)13(8)2/h8-9H,3-6H2,1-2H3,(H,12,16)/t8-,9?/m1/s1. The third-order valence-corrected chi connectivity index (χ3v) is 3.47. The highest BCUT2D eigenvalue weighted by molar-refractivity contribution is 5.91. The fourth-order valence-corrected chi connectivity index (χ4v) is 2.44. The van der Waals surface area contributed by atoms with Crippen molar-refractivity contribution in [2.75, 3.05) is 20.1 Å². The molecule has 17 heavy (non-hydrogen) atoms. The molecule has 2 rings (SSSR count). The Balaban J connectivity index is 2.00. The molecular weight excluding hydrogens is 222 g/mol. The summed E-state index contributed by atoms with van der Waals surface area (Å²) in [7, 11) is 1.77. The lowest BCUT2D eigenvalue weighted by Gasteiger charge is -2.29. The summed E-state index contributed by atoms with van der Waals surface area (Å²) in [5.41, 5.74) is 0. The first kappa shape index (κ1) is 11.9. The monoisotopic (exact) mass is 239 g/mol.